The van der Waals surface area contributed by atoms with E-state index in [9.17, 15) is 14.6 Å². The number of rotatable bonds is 9. The predicted molar refractivity (Wildman–Crippen MR) is 132 cm³/mol. The van der Waals surface area contributed by atoms with Crippen molar-refractivity contribution in [2.75, 3.05) is 44.5 Å². The number of ether oxygens (including phenoxy) is 2. The standard InChI is InChI=1S/C26H36NO5P/c1-31-22-11-12-25(27-13-4-14-27)24(16-22)20-9-7-19(8-10-20)17-32-23-6-3-5-21(15-23)26(28)18-33(2,29)30/h3,5-6,11-12,15-16,19-20,26,28H,4,7-10,13-14,17-18H2,1-2H3,(H,29,30)/t19?,20?,26-/m1/s1. The summed E-state index contributed by atoms with van der Waals surface area (Å²) >= 11 is 0. The fraction of sp³-hybridized carbons (Fsp3) is 0.538. The maximum absolute atomic E-state index is 11.6. The molecule has 1 aliphatic heterocycles. The maximum Gasteiger partial charge on any atom is 0.200 e. The van der Waals surface area contributed by atoms with Crippen molar-refractivity contribution in [1.82, 2.24) is 0 Å². The van der Waals surface area contributed by atoms with Gasteiger partial charge in [-0.05, 0) is 85.4 Å². The van der Waals surface area contributed by atoms with E-state index in [1.54, 1.807) is 19.2 Å². The number of hydrogen-bond donors (Lipinski definition) is 2. The van der Waals surface area contributed by atoms with Crippen LogP contribution in [0.5, 0.6) is 11.5 Å². The Bertz CT molecular complexity index is 978. The summed E-state index contributed by atoms with van der Waals surface area (Å²) in [6.07, 6.45) is 4.68. The molecule has 180 valence electrons. The minimum absolute atomic E-state index is 0.149. The highest BCUT2D eigenvalue weighted by molar-refractivity contribution is 7.57. The van der Waals surface area contributed by atoms with Crippen LogP contribution >= 0.6 is 7.37 Å². The average Bonchev–Trinajstić information content (AvgIpc) is 2.76. The van der Waals surface area contributed by atoms with Crippen molar-refractivity contribution in [1.29, 1.82) is 0 Å². The van der Waals surface area contributed by atoms with Crippen molar-refractivity contribution in [2.45, 2.75) is 44.1 Å². The van der Waals surface area contributed by atoms with Gasteiger partial charge in [-0.2, -0.15) is 0 Å². The lowest BCUT2D eigenvalue weighted by atomic mass is 9.78. The molecule has 7 heteroatoms. The Morgan fingerprint density at radius 2 is 1.85 bits per heavy atom. The highest BCUT2D eigenvalue weighted by atomic mass is 31.2. The highest BCUT2D eigenvalue weighted by Crippen LogP contribution is 2.43. The van der Waals surface area contributed by atoms with Crippen molar-refractivity contribution in [3.63, 3.8) is 0 Å². The smallest absolute Gasteiger partial charge is 0.200 e. The molecule has 33 heavy (non-hydrogen) atoms. The summed E-state index contributed by atoms with van der Waals surface area (Å²) in [4.78, 5) is 12.0. The van der Waals surface area contributed by atoms with Crippen molar-refractivity contribution in [3.8, 4) is 11.5 Å². The largest absolute Gasteiger partial charge is 0.497 e. The Balaban J connectivity index is 1.33. The third-order valence-corrected chi connectivity index (χ3v) is 7.98. The van der Waals surface area contributed by atoms with E-state index in [1.165, 1.54) is 24.3 Å². The molecule has 2 aromatic carbocycles. The van der Waals surface area contributed by atoms with Crippen LogP contribution in [0.25, 0.3) is 0 Å². The molecule has 0 spiro atoms. The monoisotopic (exact) mass is 473 g/mol. The van der Waals surface area contributed by atoms with Crippen LogP contribution in [0.3, 0.4) is 0 Å². The first-order valence-electron chi connectivity index (χ1n) is 12.0. The van der Waals surface area contributed by atoms with Crippen molar-refractivity contribution in [2.24, 2.45) is 5.92 Å². The number of anilines is 1. The molecule has 6 nitrogen and oxygen atoms in total. The Morgan fingerprint density at radius 3 is 2.48 bits per heavy atom. The van der Waals surface area contributed by atoms with Gasteiger partial charge < -0.3 is 24.4 Å². The van der Waals surface area contributed by atoms with Gasteiger partial charge in [-0.25, -0.2) is 0 Å². The SMILES string of the molecule is COc1ccc(N2CCC2)c(C2CCC(COc3cccc([C@H](O)CP(C)(=O)O)c3)CC2)c1. The van der Waals surface area contributed by atoms with Crippen LogP contribution < -0.4 is 14.4 Å². The van der Waals surface area contributed by atoms with Gasteiger partial charge in [0.15, 0.2) is 0 Å². The zero-order valence-corrected chi connectivity index (χ0v) is 20.5. The van der Waals surface area contributed by atoms with Gasteiger partial charge in [-0.1, -0.05) is 12.1 Å². The van der Waals surface area contributed by atoms with Crippen LogP contribution in [0.4, 0.5) is 5.69 Å². The quantitative estimate of drug-likeness (QED) is 0.488. The first kappa shape index (κ1) is 24.1. The molecule has 1 saturated carbocycles. The molecule has 4 rings (SSSR count). The van der Waals surface area contributed by atoms with E-state index < -0.39 is 13.5 Å². The van der Waals surface area contributed by atoms with E-state index in [0.717, 1.165) is 44.5 Å². The number of methoxy groups -OCH3 is 1. The highest BCUT2D eigenvalue weighted by Gasteiger charge is 2.28. The van der Waals surface area contributed by atoms with Gasteiger partial charge >= 0.3 is 0 Å². The molecule has 0 amide bonds. The number of benzene rings is 2. The fourth-order valence-electron chi connectivity index (χ4n) is 4.92. The Morgan fingerprint density at radius 1 is 1.09 bits per heavy atom. The molecule has 0 aromatic heterocycles. The van der Waals surface area contributed by atoms with Crippen LogP contribution in [-0.4, -0.2) is 49.6 Å². The lowest BCUT2D eigenvalue weighted by molar-refractivity contribution is 0.191. The summed E-state index contributed by atoms with van der Waals surface area (Å²) in [5, 5.41) is 10.3. The molecule has 1 saturated heterocycles. The summed E-state index contributed by atoms with van der Waals surface area (Å²) in [5.74, 6) is 2.68. The molecule has 2 N–H and O–H groups in total. The fourth-order valence-corrected chi connectivity index (χ4v) is 5.78. The van der Waals surface area contributed by atoms with Crippen molar-refractivity contribution in [3.05, 3.63) is 53.6 Å². The molecule has 1 heterocycles. The minimum atomic E-state index is -3.29. The number of aliphatic hydroxyl groups excluding tert-OH is 1. The van der Waals surface area contributed by atoms with Gasteiger partial charge in [-0.15, -0.1) is 0 Å². The molecule has 2 fully saturated rings. The Labute approximate surface area is 197 Å². The molecule has 2 aliphatic rings. The summed E-state index contributed by atoms with van der Waals surface area (Å²) in [6, 6.07) is 13.8. The van der Waals surface area contributed by atoms with Crippen LogP contribution in [0.2, 0.25) is 0 Å². The summed E-state index contributed by atoms with van der Waals surface area (Å²) in [5.41, 5.74) is 3.41. The second-order valence-corrected chi connectivity index (χ2v) is 12.1. The van der Waals surface area contributed by atoms with Crippen LogP contribution in [0.15, 0.2) is 42.5 Å². The molecule has 2 atom stereocenters. The molecule has 1 unspecified atom stereocenters. The predicted octanol–water partition coefficient (Wildman–Crippen LogP) is 5.19. The van der Waals surface area contributed by atoms with Crippen molar-refractivity contribution >= 4 is 13.1 Å². The summed E-state index contributed by atoms with van der Waals surface area (Å²) in [6.45, 7) is 4.20. The van der Waals surface area contributed by atoms with E-state index in [0.29, 0.717) is 29.8 Å². The second kappa shape index (κ2) is 10.5. The van der Waals surface area contributed by atoms with E-state index >= 15 is 0 Å². The van der Waals surface area contributed by atoms with E-state index in [-0.39, 0.29) is 6.16 Å². The number of nitrogens with zero attached hydrogens (tertiary/aromatic N) is 1. The topological polar surface area (TPSA) is 79.2 Å². The van der Waals surface area contributed by atoms with Crippen molar-refractivity contribution < 1.29 is 24.0 Å². The van der Waals surface area contributed by atoms with Gasteiger partial charge in [0.05, 0.1) is 26.0 Å². The number of hydrogen-bond acceptors (Lipinski definition) is 5. The van der Waals surface area contributed by atoms with Gasteiger partial charge in [-0.3, -0.25) is 4.57 Å². The molecule has 0 bridgehead atoms. The zero-order valence-electron chi connectivity index (χ0n) is 19.7. The second-order valence-electron chi connectivity index (χ2n) is 9.62. The molecule has 1 aliphatic carbocycles. The first-order chi connectivity index (χ1) is 15.8. The van der Waals surface area contributed by atoms with Gasteiger partial charge in [0.1, 0.15) is 11.5 Å². The molecular formula is C26H36NO5P. The maximum atomic E-state index is 11.6. The lowest BCUT2D eigenvalue weighted by Crippen LogP contribution is -2.38. The average molecular weight is 474 g/mol. The van der Waals surface area contributed by atoms with Gasteiger partial charge in [0.25, 0.3) is 0 Å². The third kappa shape index (κ3) is 6.32. The first-order valence-corrected chi connectivity index (χ1v) is 14.2. The lowest BCUT2D eigenvalue weighted by Gasteiger charge is -2.38. The minimum Gasteiger partial charge on any atom is -0.497 e. The molecular weight excluding hydrogens is 437 g/mol. The van der Waals surface area contributed by atoms with Crippen LogP contribution in [0.1, 0.15) is 55.3 Å². The molecule has 2 aromatic rings. The normalized spacial score (nSPS) is 23.3. The Kier molecular flexibility index (Phi) is 7.68. The van der Waals surface area contributed by atoms with Gasteiger partial charge in [0.2, 0.25) is 7.37 Å². The van der Waals surface area contributed by atoms with Crippen LogP contribution in [-0.2, 0) is 4.57 Å². The van der Waals surface area contributed by atoms with Crippen LogP contribution in [0, 0.1) is 5.92 Å². The number of aliphatic hydroxyl groups is 1. The van der Waals surface area contributed by atoms with Gasteiger partial charge in [0, 0.05) is 25.4 Å². The zero-order chi connectivity index (χ0) is 23.4. The summed E-state index contributed by atoms with van der Waals surface area (Å²) < 4.78 is 23.2. The van der Waals surface area contributed by atoms with E-state index in [1.807, 2.05) is 12.1 Å². The molecule has 0 radical (unpaired) electrons. The van der Waals surface area contributed by atoms with E-state index in [2.05, 4.69) is 23.1 Å². The summed E-state index contributed by atoms with van der Waals surface area (Å²) in [7, 11) is -1.56. The third-order valence-electron chi connectivity index (χ3n) is 6.96. The Hall–Kier alpha value is -2.01. The van der Waals surface area contributed by atoms with E-state index in [4.69, 9.17) is 9.47 Å².